The summed E-state index contributed by atoms with van der Waals surface area (Å²) in [6.45, 7) is 0. The molecule has 0 saturated heterocycles. The van der Waals surface area contributed by atoms with Crippen molar-refractivity contribution in [2.24, 2.45) is 0 Å². The van der Waals surface area contributed by atoms with Gasteiger partial charge >= 0.3 is 0 Å². The van der Waals surface area contributed by atoms with Crippen LogP contribution in [0.3, 0.4) is 0 Å². The molecule has 0 spiro atoms. The second-order valence-corrected chi connectivity index (χ2v) is 16.7. The van der Waals surface area contributed by atoms with Crippen LogP contribution in [0.15, 0.2) is 176 Å². The molecule has 276 valence electrons. The molecule has 57 heavy (non-hydrogen) atoms. The van der Waals surface area contributed by atoms with Gasteiger partial charge in [-0.25, -0.2) is 0 Å². The largest absolute Gasteiger partial charge is 0.365 e. The van der Waals surface area contributed by atoms with E-state index in [1.807, 2.05) is 11.3 Å². The Bertz CT molecular complexity index is 2840. The van der Waals surface area contributed by atoms with Crippen LogP contribution in [-0.2, 0) is 0 Å². The Morgan fingerprint density at radius 2 is 1.16 bits per heavy atom. The lowest BCUT2D eigenvalue weighted by Gasteiger charge is -2.46. The van der Waals surface area contributed by atoms with Crippen molar-refractivity contribution in [1.82, 2.24) is 10.2 Å². The number of benzene rings is 7. The van der Waals surface area contributed by atoms with Gasteiger partial charge in [0.15, 0.2) is 0 Å². The van der Waals surface area contributed by atoms with Crippen molar-refractivity contribution in [1.29, 1.82) is 0 Å². The summed E-state index contributed by atoms with van der Waals surface area (Å²) < 4.78 is 2.66. The number of nitrogens with one attached hydrogen (secondary N) is 1. The fraction of sp³-hybridized carbons (Fsp3) is 0.132. The quantitative estimate of drug-likeness (QED) is 0.189. The molecule has 0 radical (unpaired) electrons. The molecule has 0 bridgehead atoms. The first-order valence-corrected chi connectivity index (χ1v) is 21.1. The summed E-state index contributed by atoms with van der Waals surface area (Å²) >= 11 is 1.93. The minimum Gasteiger partial charge on any atom is -0.365 e. The highest BCUT2D eigenvalue weighted by Crippen LogP contribution is 2.56. The number of likely N-dealkylation sites (N-methyl/N-ethyl adjacent to an activating group) is 1. The van der Waals surface area contributed by atoms with Gasteiger partial charge in [0.2, 0.25) is 0 Å². The molecule has 3 heterocycles. The first-order chi connectivity index (χ1) is 28.2. The summed E-state index contributed by atoms with van der Waals surface area (Å²) in [5.74, 6) is 0. The highest BCUT2D eigenvalue weighted by Gasteiger charge is 2.39. The lowest BCUT2D eigenvalue weighted by Crippen LogP contribution is -2.52. The Morgan fingerprint density at radius 3 is 1.91 bits per heavy atom. The van der Waals surface area contributed by atoms with E-state index in [0.717, 1.165) is 18.5 Å². The summed E-state index contributed by atoms with van der Waals surface area (Å²) in [4.78, 5) is 5.25. The van der Waals surface area contributed by atoms with Crippen LogP contribution >= 0.6 is 11.3 Å². The number of anilines is 2. The molecule has 8 aromatic rings. The van der Waals surface area contributed by atoms with Crippen LogP contribution in [0, 0.1) is 0 Å². The molecule has 0 saturated carbocycles. The molecule has 4 heteroatoms. The number of thiophene rings is 1. The highest BCUT2D eigenvalue weighted by molar-refractivity contribution is 7.26. The van der Waals surface area contributed by atoms with Gasteiger partial charge in [0, 0.05) is 42.6 Å². The molecule has 1 N–H and O–H groups in total. The lowest BCUT2D eigenvalue weighted by atomic mass is 9.82. The molecule has 0 fully saturated rings. The second kappa shape index (κ2) is 14.1. The normalized spacial score (nSPS) is 18.1. The number of hydrogen-bond acceptors (Lipinski definition) is 4. The van der Waals surface area contributed by atoms with Crippen LogP contribution < -0.4 is 10.2 Å². The van der Waals surface area contributed by atoms with Gasteiger partial charge in [-0.2, -0.15) is 0 Å². The molecule has 1 unspecified atom stereocenters. The Labute approximate surface area is 338 Å². The number of allylic oxidation sites excluding steroid dienone is 2. The van der Waals surface area contributed by atoms with E-state index in [1.165, 1.54) is 100 Å². The fourth-order valence-electron chi connectivity index (χ4n) is 9.61. The van der Waals surface area contributed by atoms with Gasteiger partial charge in [0.1, 0.15) is 12.3 Å². The molecule has 2 aliphatic heterocycles. The second-order valence-electron chi connectivity index (χ2n) is 15.6. The van der Waals surface area contributed by atoms with Gasteiger partial charge in [-0.1, -0.05) is 152 Å². The molecular weight excluding hydrogens is 711 g/mol. The summed E-state index contributed by atoms with van der Waals surface area (Å²) in [5, 5.41) is 6.65. The first kappa shape index (κ1) is 34.1. The van der Waals surface area contributed by atoms with Gasteiger partial charge in [0.25, 0.3) is 0 Å². The fourth-order valence-corrected chi connectivity index (χ4v) is 10.9. The maximum absolute atomic E-state index is 3.98. The maximum atomic E-state index is 3.98. The molecule has 7 aromatic carbocycles. The zero-order chi connectivity index (χ0) is 37.9. The van der Waals surface area contributed by atoms with Crippen LogP contribution in [0.4, 0.5) is 11.4 Å². The molecular formula is C53H43N3S. The third kappa shape index (κ3) is 5.74. The number of para-hydroxylation sites is 1. The molecule has 1 aliphatic carbocycles. The number of fused-ring (bicyclic) bond motifs is 8. The van der Waals surface area contributed by atoms with E-state index in [0.29, 0.717) is 0 Å². The molecule has 3 nitrogen and oxygen atoms in total. The van der Waals surface area contributed by atoms with Crippen LogP contribution in [0.1, 0.15) is 54.1 Å². The topological polar surface area (TPSA) is 18.5 Å². The van der Waals surface area contributed by atoms with Gasteiger partial charge in [0.05, 0.1) is 11.4 Å². The van der Waals surface area contributed by atoms with Crippen LogP contribution in [-0.4, -0.2) is 18.1 Å². The van der Waals surface area contributed by atoms with Crippen molar-refractivity contribution in [3.8, 4) is 22.3 Å². The van der Waals surface area contributed by atoms with E-state index < -0.39 is 0 Å². The van der Waals surface area contributed by atoms with Gasteiger partial charge in [-0.15, -0.1) is 11.3 Å². The molecule has 1 aromatic heterocycles. The van der Waals surface area contributed by atoms with Crippen LogP contribution in [0.25, 0.3) is 59.3 Å². The highest BCUT2D eigenvalue weighted by atomic mass is 32.1. The van der Waals surface area contributed by atoms with Crippen molar-refractivity contribution < 1.29 is 0 Å². The minimum atomic E-state index is -0.106. The Kier molecular flexibility index (Phi) is 8.41. The Balaban J connectivity index is 1.22. The van der Waals surface area contributed by atoms with Crippen molar-refractivity contribution in [2.75, 3.05) is 11.9 Å². The van der Waals surface area contributed by atoms with Crippen molar-refractivity contribution in [3.63, 3.8) is 0 Å². The predicted octanol–water partition coefficient (Wildman–Crippen LogP) is 13.9. The Morgan fingerprint density at radius 1 is 0.561 bits per heavy atom. The molecule has 11 rings (SSSR count). The van der Waals surface area contributed by atoms with Crippen molar-refractivity contribution in [3.05, 3.63) is 198 Å². The van der Waals surface area contributed by atoms with Crippen molar-refractivity contribution >= 4 is 59.7 Å². The average Bonchev–Trinajstić information content (AvgIpc) is 3.62. The van der Waals surface area contributed by atoms with Crippen molar-refractivity contribution in [2.45, 2.75) is 38.0 Å². The number of rotatable bonds is 5. The standard InChI is InChI=1S/C53H43N3S/c1-55-49(34-46(38-19-7-3-8-20-38)54-53(55)39-21-9-4-10-22-39)56-47-27-15-13-25-42(47)40-23-11-12-24-41(40)45-33-44(37-31-29-36(30-32-37)35-17-5-2-6-18-35)52-50(51(45)56)43-26-14-16-28-48(43)57-52/h2-10,13-22,25-34,49,53-54H,11-12,23-24H2,1H3/t49-,53?/m0/s1. The monoisotopic (exact) mass is 753 g/mol. The summed E-state index contributed by atoms with van der Waals surface area (Å²) in [5.41, 5.74) is 17.0. The van der Waals surface area contributed by atoms with E-state index in [9.17, 15) is 0 Å². The summed E-state index contributed by atoms with van der Waals surface area (Å²) in [7, 11) is 2.29. The predicted molar refractivity (Wildman–Crippen MR) is 242 cm³/mol. The van der Waals surface area contributed by atoms with E-state index in [4.69, 9.17) is 0 Å². The van der Waals surface area contributed by atoms with E-state index in [-0.39, 0.29) is 12.3 Å². The van der Waals surface area contributed by atoms with Crippen LogP contribution in [0.5, 0.6) is 0 Å². The third-order valence-corrected chi connectivity index (χ3v) is 13.5. The van der Waals surface area contributed by atoms with E-state index in [2.05, 4.69) is 198 Å². The molecule has 0 amide bonds. The number of hydrogen-bond donors (Lipinski definition) is 1. The summed E-state index contributed by atoms with van der Waals surface area (Å²) in [6, 6.07) is 62.7. The maximum Gasteiger partial charge on any atom is 0.110 e. The van der Waals surface area contributed by atoms with Gasteiger partial charge < -0.3 is 10.2 Å². The molecule has 3 aliphatic rings. The zero-order valence-corrected chi connectivity index (χ0v) is 32.8. The minimum absolute atomic E-state index is 0.0463. The van der Waals surface area contributed by atoms with E-state index >= 15 is 0 Å². The Hall–Kier alpha value is -6.20. The SMILES string of the molecule is CN1C(c2ccccc2)NC(c2ccccc2)=C[C@@H]1N1c2ccccc2C2=C(CCCC2)c2cc(-c3ccc(-c4ccccc4)cc3)c3sc4ccccc4c3c21. The smallest absolute Gasteiger partial charge is 0.110 e. The van der Waals surface area contributed by atoms with Gasteiger partial charge in [-0.05, 0) is 96.0 Å². The molecule has 2 atom stereocenters. The third-order valence-electron chi connectivity index (χ3n) is 12.3. The zero-order valence-electron chi connectivity index (χ0n) is 32.0. The van der Waals surface area contributed by atoms with E-state index in [1.54, 1.807) is 0 Å². The average molecular weight is 754 g/mol. The van der Waals surface area contributed by atoms with Gasteiger partial charge in [-0.3, -0.25) is 4.90 Å². The number of nitrogens with zero attached hydrogens (tertiary/aromatic N) is 2. The lowest BCUT2D eigenvalue weighted by molar-refractivity contribution is 0.178. The first-order valence-electron chi connectivity index (χ1n) is 20.3. The van der Waals surface area contributed by atoms with Crippen LogP contribution in [0.2, 0.25) is 0 Å². The summed E-state index contributed by atoms with van der Waals surface area (Å²) in [6.07, 6.45) is 6.89.